The maximum absolute atomic E-state index is 12.6. The molecule has 140 valence electrons. The predicted molar refractivity (Wildman–Crippen MR) is 99.4 cm³/mol. The lowest BCUT2D eigenvalue weighted by Gasteiger charge is -2.27. The normalized spacial score (nSPS) is 16.1. The Morgan fingerprint density at radius 1 is 1.11 bits per heavy atom. The molecule has 2 aromatic carbocycles. The van der Waals surface area contributed by atoms with Crippen LogP contribution in [0.4, 0.5) is 0 Å². The van der Waals surface area contributed by atoms with Crippen LogP contribution in [0, 0.1) is 0 Å². The summed E-state index contributed by atoms with van der Waals surface area (Å²) in [5, 5.41) is 23.9. The summed E-state index contributed by atoms with van der Waals surface area (Å²) in [6, 6.07) is 12.2. The summed E-state index contributed by atoms with van der Waals surface area (Å²) in [7, 11) is -2.79. The number of aromatic hydroxyl groups is 1. The van der Waals surface area contributed by atoms with E-state index < -0.39 is 27.4 Å². The van der Waals surface area contributed by atoms with Crippen LogP contribution in [0.3, 0.4) is 0 Å². The Balaban J connectivity index is 1.96. The van der Waals surface area contributed by atoms with Crippen LogP contribution < -0.4 is 5.43 Å². The lowest BCUT2D eigenvalue weighted by Crippen LogP contribution is -2.38. The summed E-state index contributed by atoms with van der Waals surface area (Å²) in [6.45, 7) is 1.61. The SMILES string of the molecule is C/C(=N\NC(=O)C1=C(O)c2ccccc2S(=O)(=O)N1C)c1cccc(O)c1. The second kappa shape index (κ2) is 6.76. The van der Waals surface area contributed by atoms with Crippen molar-refractivity contribution in [3.8, 4) is 5.75 Å². The smallest absolute Gasteiger partial charge is 0.292 e. The third kappa shape index (κ3) is 3.24. The number of nitrogens with one attached hydrogen (secondary N) is 1. The van der Waals surface area contributed by atoms with Crippen molar-refractivity contribution in [2.75, 3.05) is 7.05 Å². The van der Waals surface area contributed by atoms with Gasteiger partial charge in [-0.15, -0.1) is 0 Å². The number of aliphatic hydroxyl groups excluding tert-OH is 1. The first-order valence-electron chi connectivity index (χ1n) is 7.89. The van der Waals surface area contributed by atoms with Crippen molar-refractivity contribution >= 4 is 27.4 Å². The van der Waals surface area contributed by atoms with Crippen LogP contribution in [0.25, 0.3) is 5.76 Å². The monoisotopic (exact) mass is 387 g/mol. The van der Waals surface area contributed by atoms with Crippen molar-refractivity contribution in [1.82, 2.24) is 9.73 Å². The Bertz CT molecular complexity index is 1090. The molecule has 0 saturated heterocycles. The summed E-state index contributed by atoms with van der Waals surface area (Å²) in [5.74, 6) is -1.29. The van der Waals surface area contributed by atoms with Gasteiger partial charge >= 0.3 is 0 Å². The molecule has 0 aromatic heterocycles. The van der Waals surface area contributed by atoms with Crippen molar-refractivity contribution < 1.29 is 23.4 Å². The number of rotatable bonds is 3. The predicted octanol–water partition coefficient (Wildman–Crippen LogP) is 1.79. The molecular weight excluding hydrogens is 370 g/mol. The van der Waals surface area contributed by atoms with Crippen molar-refractivity contribution in [3.63, 3.8) is 0 Å². The van der Waals surface area contributed by atoms with E-state index in [-0.39, 0.29) is 16.2 Å². The Labute approximate surface area is 156 Å². The minimum atomic E-state index is -3.97. The van der Waals surface area contributed by atoms with Gasteiger partial charge in [-0.3, -0.25) is 9.10 Å². The molecule has 0 fully saturated rings. The Hall–Kier alpha value is -3.33. The van der Waals surface area contributed by atoms with E-state index >= 15 is 0 Å². The molecule has 0 radical (unpaired) electrons. The summed E-state index contributed by atoms with van der Waals surface area (Å²) in [5.41, 5.74) is 2.83. The zero-order valence-electron chi connectivity index (χ0n) is 14.5. The molecular formula is C18H17N3O5S. The summed E-state index contributed by atoms with van der Waals surface area (Å²) < 4.78 is 25.9. The van der Waals surface area contributed by atoms with Crippen molar-refractivity contribution in [3.05, 3.63) is 65.4 Å². The molecule has 0 spiro atoms. The summed E-state index contributed by atoms with van der Waals surface area (Å²) in [6.07, 6.45) is 0. The second-order valence-corrected chi connectivity index (χ2v) is 7.79. The molecule has 1 amide bonds. The molecule has 27 heavy (non-hydrogen) atoms. The number of hydrogen-bond acceptors (Lipinski definition) is 6. The number of phenolic OH excluding ortho intramolecular Hbond substituents is 1. The largest absolute Gasteiger partial charge is 0.508 e. The average molecular weight is 387 g/mol. The zero-order chi connectivity index (χ0) is 19.8. The number of likely N-dealkylation sites (N-methyl/N-ethyl adjacent to an activating group) is 1. The Morgan fingerprint density at radius 2 is 1.81 bits per heavy atom. The highest BCUT2D eigenvalue weighted by molar-refractivity contribution is 7.89. The number of fused-ring (bicyclic) bond motifs is 1. The Kier molecular flexibility index (Phi) is 4.63. The molecule has 3 rings (SSSR count). The highest BCUT2D eigenvalue weighted by Gasteiger charge is 2.37. The molecule has 9 heteroatoms. The molecule has 8 nitrogen and oxygen atoms in total. The Morgan fingerprint density at radius 3 is 2.52 bits per heavy atom. The molecule has 0 saturated carbocycles. The number of amides is 1. The van der Waals surface area contributed by atoms with Gasteiger partial charge in [0, 0.05) is 18.2 Å². The van der Waals surface area contributed by atoms with Gasteiger partial charge in [-0.05, 0) is 31.2 Å². The summed E-state index contributed by atoms with van der Waals surface area (Å²) in [4.78, 5) is 12.4. The molecule has 0 unspecified atom stereocenters. The van der Waals surface area contributed by atoms with E-state index in [1.54, 1.807) is 25.1 Å². The van der Waals surface area contributed by atoms with Crippen LogP contribution in [0.1, 0.15) is 18.1 Å². The number of hydrogen-bond donors (Lipinski definition) is 3. The molecule has 2 aromatic rings. The van der Waals surface area contributed by atoms with E-state index in [1.165, 1.54) is 37.4 Å². The van der Waals surface area contributed by atoms with Crippen LogP contribution >= 0.6 is 0 Å². The number of sulfonamides is 1. The molecule has 3 N–H and O–H groups in total. The van der Waals surface area contributed by atoms with E-state index in [0.717, 1.165) is 4.31 Å². The number of phenols is 1. The molecule has 0 aliphatic carbocycles. The molecule has 1 aliphatic heterocycles. The number of carbonyl (C=O) groups excluding carboxylic acids is 1. The van der Waals surface area contributed by atoms with Crippen molar-refractivity contribution in [2.24, 2.45) is 5.10 Å². The lowest BCUT2D eigenvalue weighted by atomic mass is 10.1. The number of hydrazone groups is 1. The highest BCUT2D eigenvalue weighted by Crippen LogP contribution is 2.34. The number of carbonyl (C=O) groups is 1. The number of nitrogens with zero attached hydrogens (tertiary/aromatic N) is 2. The minimum absolute atomic E-state index is 0.0449. The topological polar surface area (TPSA) is 119 Å². The fraction of sp³-hybridized carbons (Fsp3) is 0.111. The van der Waals surface area contributed by atoms with E-state index in [1.807, 2.05) is 0 Å². The van der Waals surface area contributed by atoms with Gasteiger partial charge in [0.25, 0.3) is 15.9 Å². The van der Waals surface area contributed by atoms with Gasteiger partial charge in [0.1, 0.15) is 5.75 Å². The van der Waals surface area contributed by atoms with Gasteiger partial charge in [-0.1, -0.05) is 24.3 Å². The number of aliphatic hydroxyl groups is 1. The standard InChI is InChI=1S/C18H17N3O5S/c1-11(12-6-5-7-13(22)10-12)19-20-18(24)16-17(23)14-8-3-4-9-15(14)27(25,26)21(16)2/h3-10,22-23H,1-2H3,(H,20,24)/b19-11+. The minimum Gasteiger partial charge on any atom is -0.508 e. The van der Waals surface area contributed by atoms with Crippen molar-refractivity contribution in [1.29, 1.82) is 0 Å². The zero-order valence-corrected chi connectivity index (χ0v) is 15.4. The fourth-order valence-electron chi connectivity index (χ4n) is 2.67. The van der Waals surface area contributed by atoms with E-state index in [0.29, 0.717) is 11.3 Å². The lowest BCUT2D eigenvalue weighted by molar-refractivity contribution is -0.118. The number of benzene rings is 2. The first-order valence-corrected chi connectivity index (χ1v) is 9.33. The first-order chi connectivity index (χ1) is 12.7. The quantitative estimate of drug-likeness (QED) is 0.548. The van der Waals surface area contributed by atoms with Gasteiger partial charge in [0.2, 0.25) is 0 Å². The van der Waals surface area contributed by atoms with Gasteiger partial charge in [0.05, 0.1) is 10.6 Å². The third-order valence-corrected chi connectivity index (χ3v) is 5.94. The second-order valence-electron chi connectivity index (χ2n) is 5.85. The van der Waals surface area contributed by atoms with E-state index in [4.69, 9.17) is 0 Å². The molecule has 1 heterocycles. The highest BCUT2D eigenvalue weighted by atomic mass is 32.2. The fourth-order valence-corrected chi connectivity index (χ4v) is 4.06. The van der Waals surface area contributed by atoms with E-state index in [9.17, 15) is 23.4 Å². The first kappa shape index (κ1) is 18.5. The van der Waals surface area contributed by atoms with Gasteiger partial charge in [-0.25, -0.2) is 13.8 Å². The van der Waals surface area contributed by atoms with Crippen LogP contribution in [0.5, 0.6) is 5.75 Å². The maximum atomic E-state index is 12.6. The maximum Gasteiger partial charge on any atom is 0.292 e. The van der Waals surface area contributed by atoms with E-state index in [2.05, 4.69) is 10.5 Å². The van der Waals surface area contributed by atoms with Crippen LogP contribution in [-0.4, -0.2) is 41.6 Å². The van der Waals surface area contributed by atoms with Crippen LogP contribution in [-0.2, 0) is 14.8 Å². The third-order valence-electron chi connectivity index (χ3n) is 4.12. The average Bonchev–Trinajstić information content (AvgIpc) is 2.65. The van der Waals surface area contributed by atoms with Crippen molar-refractivity contribution in [2.45, 2.75) is 11.8 Å². The van der Waals surface area contributed by atoms with Gasteiger partial charge in [0.15, 0.2) is 11.5 Å². The van der Waals surface area contributed by atoms with Crippen LogP contribution in [0.2, 0.25) is 0 Å². The van der Waals surface area contributed by atoms with Gasteiger partial charge < -0.3 is 10.2 Å². The summed E-state index contributed by atoms with van der Waals surface area (Å²) >= 11 is 0. The molecule has 0 atom stereocenters. The molecule has 0 bridgehead atoms. The van der Waals surface area contributed by atoms with Crippen LogP contribution in [0.15, 0.2) is 64.2 Å². The van der Waals surface area contributed by atoms with Gasteiger partial charge in [-0.2, -0.15) is 5.10 Å². The molecule has 1 aliphatic rings.